The molecule has 3 heterocycles. The molecule has 0 aromatic carbocycles. The zero-order chi connectivity index (χ0) is 14.1. The molecule has 1 saturated heterocycles. The van der Waals surface area contributed by atoms with E-state index in [-0.39, 0.29) is 0 Å². The van der Waals surface area contributed by atoms with E-state index in [1.54, 1.807) is 6.08 Å². The highest BCUT2D eigenvalue weighted by atomic mass is 16.4. The van der Waals surface area contributed by atoms with Gasteiger partial charge in [-0.1, -0.05) is 13.0 Å². The Labute approximate surface area is 117 Å². The van der Waals surface area contributed by atoms with Crippen LogP contribution >= 0.6 is 0 Å². The highest BCUT2D eigenvalue weighted by Gasteiger charge is 2.23. The minimum atomic E-state index is -0.948. The molecule has 3 rings (SSSR count). The standard InChI is InChI=1S/C15H17N3O2/c1-11-7-9-17(10-11)15-12(5-6-14(19)20)18-8-3-2-4-13(18)16-15/h2-6,8,11H,7,9-10H2,1H3,(H,19,20)/b6-5+. The maximum absolute atomic E-state index is 10.8. The van der Waals surface area contributed by atoms with Gasteiger partial charge in [0.2, 0.25) is 0 Å². The van der Waals surface area contributed by atoms with Crippen LogP contribution in [0.15, 0.2) is 30.5 Å². The van der Waals surface area contributed by atoms with Crippen LogP contribution in [0, 0.1) is 5.92 Å². The fraction of sp³-hybridized carbons (Fsp3) is 0.333. The van der Waals surface area contributed by atoms with E-state index in [4.69, 9.17) is 5.11 Å². The van der Waals surface area contributed by atoms with Gasteiger partial charge in [-0.3, -0.25) is 4.40 Å². The Kier molecular flexibility index (Phi) is 3.18. The van der Waals surface area contributed by atoms with Gasteiger partial charge in [0, 0.05) is 25.4 Å². The van der Waals surface area contributed by atoms with Gasteiger partial charge in [0.15, 0.2) is 5.82 Å². The average Bonchev–Trinajstić information content (AvgIpc) is 2.99. The lowest BCUT2D eigenvalue weighted by Crippen LogP contribution is -2.20. The molecule has 0 saturated carbocycles. The third kappa shape index (κ3) is 2.27. The molecule has 0 aliphatic carbocycles. The molecule has 1 unspecified atom stereocenters. The third-order valence-corrected chi connectivity index (χ3v) is 3.65. The van der Waals surface area contributed by atoms with Gasteiger partial charge in [-0.2, -0.15) is 0 Å². The highest BCUT2D eigenvalue weighted by molar-refractivity contribution is 5.86. The summed E-state index contributed by atoms with van der Waals surface area (Å²) in [6.45, 7) is 4.17. The van der Waals surface area contributed by atoms with Crippen molar-refractivity contribution in [2.75, 3.05) is 18.0 Å². The van der Waals surface area contributed by atoms with Gasteiger partial charge in [0.25, 0.3) is 0 Å². The van der Waals surface area contributed by atoms with Gasteiger partial charge in [-0.05, 0) is 30.5 Å². The molecule has 1 aliphatic heterocycles. The van der Waals surface area contributed by atoms with Crippen molar-refractivity contribution in [3.05, 3.63) is 36.2 Å². The largest absolute Gasteiger partial charge is 0.478 e. The summed E-state index contributed by atoms with van der Waals surface area (Å²) in [4.78, 5) is 17.7. The second kappa shape index (κ2) is 5.00. The molecular formula is C15H17N3O2. The van der Waals surface area contributed by atoms with E-state index in [2.05, 4.69) is 16.8 Å². The molecule has 5 nitrogen and oxygen atoms in total. The number of carboxylic acid groups (broad SMARTS) is 1. The van der Waals surface area contributed by atoms with E-state index >= 15 is 0 Å². The van der Waals surface area contributed by atoms with E-state index in [1.807, 2.05) is 28.8 Å². The Morgan fingerprint density at radius 2 is 2.35 bits per heavy atom. The Morgan fingerprint density at radius 3 is 3.05 bits per heavy atom. The summed E-state index contributed by atoms with van der Waals surface area (Å²) < 4.78 is 1.93. The number of fused-ring (bicyclic) bond motifs is 1. The fourth-order valence-electron chi connectivity index (χ4n) is 2.67. The zero-order valence-electron chi connectivity index (χ0n) is 11.4. The van der Waals surface area contributed by atoms with Crippen molar-refractivity contribution < 1.29 is 9.90 Å². The van der Waals surface area contributed by atoms with Crippen molar-refractivity contribution in [2.24, 2.45) is 5.92 Å². The number of pyridine rings is 1. The maximum atomic E-state index is 10.8. The fourth-order valence-corrected chi connectivity index (χ4v) is 2.67. The molecule has 1 aliphatic rings. The van der Waals surface area contributed by atoms with Crippen molar-refractivity contribution in [3.63, 3.8) is 0 Å². The summed E-state index contributed by atoms with van der Waals surface area (Å²) in [6.07, 6.45) is 5.85. The average molecular weight is 271 g/mol. The molecule has 20 heavy (non-hydrogen) atoms. The number of anilines is 1. The topological polar surface area (TPSA) is 57.8 Å². The molecule has 2 aromatic rings. The van der Waals surface area contributed by atoms with Crippen LogP contribution in [-0.4, -0.2) is 33.6 Å². The van der Waals surface area contributed by atoms with Gasteiger partial charge in [-0.25, -0.2) is 9.78 Å². The van der Waals surface area contributed by atoms with E-state index in [0.717, 1.165) is 36.7 Å². The van der Waals surface area contributed by atoms with Crippen LogP contribution in [0.25, 0.3) is 11.7 Å². The minimum Gasteiger partial charge on any atom is -0.478 e. The molecule has 1 N–H and O–H groups in total. The van der Waals surface area contributed by atoms with E-state index in [0.29, 0.717) is 5.92 Å². The second-order valence-electron chi connectivity index (χ2n) is 5.26. The van der Waals surface area contributed by atoms with Crippen molar-refractivity contribution in [1.82, 2.24) is 9.38 Å². The summed E-state index contributed by atoms with van der Waals surface area (Å²) in [5, 5.41) is 8.85. The smallest absolute Gasteiger partial charge is 0.328 e. The molecule has 2 aromatic heterocycles. The van der Waals surface area contributed by atoms with Crippen LogP contribution < -0.4 is 4.90 Å². The molecule has 104 valence electrons. The summed E-state index contributed by atoms with van der Waals surface area (Å²) in [5.41, 5.74) is 1.67. The number of rotatable bonds is 3. The lowest BCUT2D eigenvalue weighted by molar-refractivity contribution is -0.131. The van der Waals surface area contributed by atoms with E-state index in [9.17, 15) is 4.79 Å². The van der Waals surface area contributed by atoms with Crippen LogP contribution in [0.4, 0.5) is 5.82 Å². The van der Waals surface area contributed by atoms with Crippen LogP contribution in [0.2, 0.25) is 0 Å². The number of aliphatic carboxylic acids is 1. The van der Waals surface area contributed by atoms with E-state index in [1.165, 1.54) is 6.08 Å². The first kappa shape index (κ1) is 12.7. The molecule has 1 atom stereocenters. The van der Waals surface area contributed by atoms with E-state index < -0.39 is 5.97 Å². The maximum Gasteiger partial charge on any atom is 0.328 e. The second-order valence-corrected chi connectivity index (χ2v) is 5.26. The predicted octanol–water partition coefficient (Wildman–Crippen LogP) is 2.28. The van der Waals surface area contributed by atoms with Gasteiger partial charge >= 0.3 is 5.97 Å². The Morgan fingerprint density at radius 1 is 1.50 bits per heavy atom. The van der Waals surface area contributed by atoms with Crippen molar-refractivity contribution in [1.29, 1.82) is 0 Å². The van der Waals surface area contributed by atoms with Gasteiger partial charge in [0.05, 0.1) is 5.69 Å². The van der Waals surface area contributed by atoms with Crippen molar-refractivity contribution >= 4 is 23.5 Å². The minimum absolute atomic E-state index is 0.649. The van der Waals surface area contributed by atoms with Gasteiger partial charge in [-0.15, -0.1) is 0 Å². The quantitative estimate of drug-likeness (QED) is 0.870. The van der Waals surface area contributed by atoms with Crippen molar-refractivity contribution in [2.45, 2.75) is 13.3 Å². The normalized spacial score (nSPS) is 19.2. The number of hydrogen-bond donors (Lipinski definition) is 1. The Balaban J connectivity index is 2.10. The molecule has 1 fully saturated rings. The van der Waals surface area contributed by atoms with Crippen LogP contribution in [0.1, 0.15) is 19.0 Å². The summed E-state index contributed by atoms with van der Waals surface area (Å²) >= 11 is 0. The van der Waals surface area contributed by atoms with Crippen LogP contribution in [0.5, 0.6) is 0 Å². The number of carbonyl (C=O) groups is 1. The number of nitrogens with zero attached hydrogens (tertiary/aromatic N) is 3. The number of hydrogen-bond acceptors (Lipinski definition) is 3. The summed E-state index contributed by atoms with van der Waals surface area (Å²) in [6, 6.07) is 5.79. The molecule has 0 bridgehead atoms. The SMILES string of the molecule is CC1CCN(c2nc3ccccn3c2/C=C/C(=O)O)C1. The summed E-state index contributed by atoms with van der Waals surface area (Å²) in [5.74, 6) is 0.575. The summed E-state index contributed by atoms with van der Waals surface area (Å²) in [7, 11) is 0. The molecular weight excluding hydrogens is 254 g/mol. The lowest BCUT2D eigenvalue weighted by atomic mass is 10.2. The van der Waals surface area contributed by atoms with Crippen LogP contribution in [0.3, 0.4) is 0 Å². The van der Waals surface area contributed by atoms with Gasteiger partial charge < -0.3 is 10.0 Å². The monoisotopic (exact) mass is 271 g/mol. The Bertz CT molecular complexity index is 675. The third-order valence-electron chi connectivity index (χ3n) is 3.65. The number of imidazole rings is 1. The molecule has 0 amide bonds. The molecule has 0 spiro atoms. The number of carboxylic acids is 1. The zero-order valence-corrected chi connectivity index (χ0v) is 11.4. The lowest BCUT2D eigenvalue weighted by Gasteiger charge is -2.15. The first-order valence-electron chi connectivity index (χ1n) is 6.78. The first-order valence-corrected chi connectivity index (χ1v) is 6.78. The van der Waals surface area contributed by atoms with Gasteiger partial charge in [0.1, 0.15) is 5.65 Å². The molecule has 0 radical (unpaired) electrons. The Hall–Kier alpha value is -2.30. The highest BCUT2D eigenvalue weighted by Crippen LogP contribution is 2.28. The molecule has 5 heteroatoms. The first-order chi connectivity index (χ1) is 9.65. The van der Waals surface area contributed by atoms with Crippen LogP contribution in [-0.2, 0) is 4.79 Å². The number of aromatic nitrogens is 2. The van der Waals surface area contributed by atoms with Crippen molar-refractivity contribution in [3.8, 4) is 0 Å². The predicted molar refractivity (Wildman–Crippen MR) is 77.9 cm³/mol.